The minimum absolute atomic E-state index is 0.229. The lowest BCUT2D eigenvalue weighted by atomic mass is 9.83. The van der Waals surface area contributed by atoms with Crippen LogP contribution in [0.2, 0.25) is 0 Å². The van der Waals surface area contributed by atoms with Crippen LogP contribution in [0.25, 0.3) is 0 Å². The third kappa shape index (κ3) is 2.76. The van der Waals surface area contributed by atoms with E-state index in [4.69, 9.17) is 18.9 Å². The van der Waals surface area contributed by atoms with Crippen molar-refractivity contribution >= 4 is 11.9 Å². The zero-order valence-electron chi connectivity index (χ0n) is 15.9. The predicted octanol–water partition coefficient (Wildman–Crippen LogP) is 1.56. The van der Waals surface area contributed by atoms with E-state index in [-0.39, 0.29) is 18.1 Å². The van der Waals surface area contributed by atoms with Gasteiger partial charge in [0.25, 0.3) is 0 Å². The van der Waals surface area contributed by atoms with Gasteiger partial charge in [-0.1, -0.05) is 12.7 Å². The molecule has 0 aromatic carbocycles. The second kappa shape index (κ2) is 5.53. The summed E-state index contributed by atoms with van der Waals surface area (Å²) in [6.07, 6.45) is 3.54. The van der Waals surface area contributed by atoms with Gasteiger partial charge in [-0.15, -0.1) is 0 Å². The molecular formula is C20H24O7. The largest absolute Gasteiger partial charge is 0.459 e. The van der Waals surface area contributed by atoms with Crippen molar-refractivity contribution in [3.05, 3.63) is 36.0 Å². The van der Waals surface area contributed by atoms with Crippen LogP contribution in [0.5, 0.6) is 0 Å². The molecule has 4 heterocycles. The van der Waals surface area contributed by atoms with Crippen LogP contribution < -0.4 is 0 Å². The normalized spacial score (nSPS) is 50.0. The van der Waals surface area contributed by atoms with Gasteiger partial charge < -0.3 is 24.1 Å². The van der Waals surface area contributed by atoms with Crippen LogP contribution in [-0.4, -0.2) is 52.3 Å². The molecule has 4 aliphatic heterocycles. The van der Waals surface area contributed by atoms with E-state index in [9.17, 15) is 14.7 Å². The molecule has 0 amide bonds. The van der Waals surface area contributed by atoms with Gasteiger partial charge in [0.1, 0.15) is 12.2 Å². The minimum atomic E-state index is -1.59. The summed E-state index contributed by atoms with van der Waals surface area (Å²) >= 11 is 0. The van der Waals surface area contributed by atoms with Crippen molar-refractivity contribution in [2.24, 2.45) is 5.92 Å². The Morgan fingerprint density at radius 1 is 1.37 bits per heavy atom. The number of esters is 2. The van der Waals surface area contributed by atoms with E-state index in [1.165, 1.54) is 0 Å². The summed E-state index contributed by atoms with van der Waals surface area (Å²) < 4.78 is 22.5. The molecule has 7 nitrogen and oxygen atoms in total. The van der Waals surface area contributed by atoms with Crippen molar-refractivity contribution in [2.45, 2.75) is 69.4 Å². The van der Waals surface area contributed by atoms with Crippen LogP contribution in [-0.2, 0) is 28.5 Å². The maximum Gasteiger partial charge on any atom is 0.341 e. The highest BCUT2D eigenvalue weighted by Gasteiger charge is 2.59. The van der Waals surface area contributed by atoms with E-state index < -0.39 is 47.1 Å². The highest BCUT2D eigenvalue weighted by Crippen LogP contribution is 2.45. The summed E-state index contributed by atoms with van der Waals surface area (Å²) in [7, 11) is 0. The molecule has 0 radical (unpaired) electrons. The monoisotopic (exact) mass is 376 g/mol. The molecule has 2 bridgehead atoms. The fourth-order valence-electron chi connectivity index (χ4n) is 4.02. The number of carbonyl (C=O) groups excluding carboxylic acids is 2. The maximum atomic E-state index is 12.7. The third-order valence-corrected chi connectivity index (χ3v) is 6.10. The van der Waals surface area contributed by atoms with Crippen molar-refractivity contribution in [1.82, 2.24) is 0 Å². The van der Waals surface area contributed by atoms with E-state index in [1.807, 2.05) is 0 Å². The molecule has 7 heteroatoms. The van der Waals surface area contributed by atoms with Gasteiger partial charge in [-0.05, 0) is 45.4 Å². The van der Waals surface area contributed by atoms with Gasteiger partial charge in [0.15, 0.2) is 5.60 Å². The number of carbonyl (C=O) groups is 2. The average molecular weight is 376 g/mol. The summed E-state index contributed by atoms with van der Waals surface area (Å²) in [6, 6.07) is 0. The molecule has 1 N–H and O–H groups in total. The molecule has 2 fully saturated rings. The molecular weight excluding hydrogens is 352 g/mol. The molecule has 27 heavy (non-hydrogen) atoms. The molecule has 0 aromatic rings. The quantitative estimate of drug-likeness (QED) is 0.338. The summed E-state index contributed by atoms with van der Waals surface area (Å²) in [5, 5.41) is 10.8. The number of aliphatic hydroxyl groups is 1. The standard InChI is InChI=1S/C20H24O7/c1-10-8-13-15(11(2)16(21)24-13)14(25-17(22)19(5)12(3)26-19)9-18(4)6-7-20(10,23)27-18/h6-8,12-15,23H,2,9H2,1,3-5H3/b10-8-/t12-,13-,14-,15+,18+,19-,20+/m1/s1. The van der Waals surface area contributed by atoms with E-state index in [0.29, 0.717) is 5.57 Å². The number of hydrogen-bond acceptors (Lipinski definition) is 7. The Morgan fingerprint density at radius 3 is 2.67 bits per heavy atom. The number of fused-ring (bicyclic) bond motifs is 3. The van der Waals surface area contributed by atoms with E-state index >= 15 is 0 Å². The third-order valence-electron chi connectivity index (χ3n) is 6.10. The maximum absolute atomic E-state index is 12.7. The number of epoxide rings is 1. The zero-order valence-corrected chi connectivity index (χ0v) is 15.9. The van der Waals surface area contributed by atoms with Crippen molar-refractivity contribution in [1.29, 1.82) is 0 Å². The Labute approximate surface area is 157 Å². The molecule has 0 saturated carbocycles. The van der Waals surface area contributed by atoms with Crippen LogP contribution >= 0.6 is 0 Å². The number of hydrogen-bond donors (Lipinski definition) is 1. The van der Waals surface area contributed by atoms with E-state index in [0.717, 1.165) is 0 Å². The molecule has 4 rings (SSSR count). The second-order valence-corrected chi connectivity index (χ2v) is 8.23. The first-order chi connectivity index (χ1) is 12.5. The van der Waals surface area contributed by atoms with Gasteiger partial charge in [0.05, 0.1) is 17.6 Å². The molecule has 0 spiro atoms. The van der Waals surface area contributed by atoms with E-state index in [2.05, 4.69) is 6.58 Å². The van der Waals surface area contributed by atoms with Crippen LogP contribution in [0.15, 0.2) is 36.0 Å². The van der Waals surface area contributed by atoms with Crippen molar-refractivity contribution in [3.63, 3.8) is 0 Å². The number of rotatable bonds is 2. The van der Waals surface area contributed by atoms with Crippen molar-refractivity contribution < 1.29 is 33.6 Å². The van der Waals surface area contributed by atoms with Gasteiger partial charge in [-0.3, -0.25) is 0 Å². The molecule has 0 aliphatic carbocycles. The Kier molecular flexibility index (Phi) is 3.77. The number of ether oxygens (including phenoxy) is 4. The molecule has 2 saturated heterocycles. The van der Waals surface area contributed by atoms with Crippen molar-refractivity contribution in [2.75, 3.05) is 0 Å². The van der Waals surface area contributed by atoms with Gasteiger partial charge in [0.2, 0.25) is 5.79 Å². The fourth-order valence-corrected chi connectivity index (χ4v) is 4.02. The Balaban J connectivity index is 1.72. The average Bonchev–Trinajstić information content (AvgIpc) is 2.91. The molecule has 0 unspecified atom stereocenters. The summed E-state index contributed by atoms with van der Waals surface area (Å²) in [4.78, 5) is 24.8. The highest BCUT2D eigenvalue weighted by atomic mass is 16.7. The Hall–Kier alpha value is -1.96. The lowest BCUT2D eigenvalue weighted by Gasteiger charge is -2.33. The molecule has 146 valence electrons. The smallest absolute Gasteiger partial charge is 0.341 e. The predicted molar refractivity (Wildman–Crippen MR) is 93.3 cm³/mol. The lowest BCUT2D eigenvalue weighted by Crippen LogP contribution is -2.42. The summed E-state index contributed by atoms with van der Waals surface area (Å²) in [5.41, 5.74) is -1.13. The first kappa shape index (κ1) is 18.4. The van der Waals surface area contributed by atoms with Gasteiger partial charge in [-0.25, -0.2) is 9.59 Å². The molecule has 7 atom stereocenters. The van der Waals surface area contributed by atoms with Gasteiger partial charge >= 0.3 is 11.9 Å². The summed E-state index contributed by atoms with van der Waals surface area (Å²) in [6.45, 7) is 10.8. The molecule has 0 aromatic heterocycles. The Morgan fingerprint density at radius 2 is 2.04 bits per heavy atom. The SMILES string of the molecule is C=C1C(=O)O[C@@H]2/C=C(/C)[C@]3(O)C=C[C@@](C)(C[C@@H](OC(=O)[C@]4(C)O[C@@H]4C)[C@@H]12)O3. The highest BCUT2D eigenvalue weighted by molar-refractivity contribution is 5.91. The van der Waals surface area contributed by atoms with Crippen LogP contribution in [0.4, 0.5) is 0 Å². The fraction of sp³-hybridized carbons (Fsp3) is 0.600. The van der Waals surface area contributed by atoms with Crippen molar-refractivity contribution in [3.8, 4) is 0 Å². The van der Waals surface area contributed by atoms with Gasteiger partial charge in [0, 0.05) is 12.0 Å². The minimum Gasteiger partial charge on any atom is -0.459 e. The second-order valence-electron chi connectivity index (χ2n) is 8.23. The first-order valence-corrected chi connectivity index (χ1v) is 9.08. The topological polar surface area (TPSA) is 94.6 Å². The van der Waals surface area contributed by atoms with Gasteiger partial charge in [-0.2, -0.15) is 0 Å². The zero-order chi connectivity index (χ0) is 19.8. The first-order valence-electron chi connectivity index (χ1n) is 9.08. The van der Waals surface area contributed by atoms with Crippen LogP contribution in [0.1, 0.15) is 34.1 Å². The van der Waals surface area contributed by atoms with Crippen LogP contribution in [0, 0.1) is 5.92 Å². The lowest BCUT2D eigenvalue weighted by molar-refractivity contribution is -0.190. The Bertz CT molecular complexity index is 798. The van der Waals surface area contributed by atoms with Crippen LogP contribution in [0.3, 0.4) is 0 Å². The van der Waals surface area contributed by atoms with E-state index in [1.54, 1.807) is 45.9 Å². The summed E-state index contributed by atoms with van der Waals surface area (Å²) in [5.74, 6) is -3.18. The molecule has 4 aliphatic rings.